The number of nitrogens with two attached hydrogens (primary N) is 1. The van der Waals surface area contributed by atoms with E-state index in [1.807, 2.05) is 34.6 Å². The number of azo groups is 1. The molecule has 1 unspecified atom stereocenters. The van der Waals surface area contributed by atoms with Gasteiger partial charge in [0, 0.05) is 7.05 Å². The summed E-state index contributed by atoms with van der Waals surface area (Å²) in [6.45, 7) is 9.58. The van der Waals surface area contributed by atoms with Crippen LogP contribution in [-0.4, -0.2) is 29.3 Å². The van der Waals surface area contributed by atoms with Crippen molar-refractivity contribution in [3.63, 3.8) is 0 Å². The van der Waals surface area contributed by atoms with Gasteiger partial charge in [0.2, 0.25) is 0 Å². The predicted molar refractivity (Wildman–Crippen MR) is 63.8 cm³/mol. The Hall–Kier alpha value is -1.17. The maximum atomic E-state index is 11.4. The highest BCUT2D eigenvalue weighted by Crippen LogP contribution is 2.16. The van der Waals surface area contributed by atoms with E-state index >= 15 is 0 Å². The number of hydrogen-bond acceptors (Lipinski definition) is 4. The largest absolute Gasteiger partial charge is 0.333 e. The fourth-order valence-electron chi connectivity index (χ4n) is 0.763. The van der Waals surface area contributed by atoms with Gasteiger partial charge in [-0.25, -0.2) is 10.6 Å². The molecular weight excluding hydrogens is 206 g/mol. The first kappa shape index (κ1) is 14.8. The highest BCUT2D eigenvalue weighted by molar-refractivity contribution is 5.73. The van der Waals surface area contributed by atoms with Crippen LogP contribution < -0.4 is 11.2 Å². The molecule has 94 valence electrons. The summed E-state index contributed by atoms with van der Waals surface area (Å²) in [7, 11) is 1.48. The van der Waals surface area contributed by atoms with E-state index in [-0.39, 0.29) is 11.6 Å². The molecule has 0 radical (unpaired) electrons. The highest BCUT2D eigenvalue weighted by Gasteiger charge is 2.25. The molecule has 6 heteroatoms. The zero-order chi connectivity index (χ0) is 13.0. The lowest BCUT2D eigenvalue weighted by atomic mass is 10.1. The fourth-order valence-corrected chi connectivity index (χ4v) is 0.763. The van der Waals surface area contributed by atoms with Crippen molar-refractivity contribution in [1.82, 2.24) is 10.3 Å². The lowest BCUT2D eigenvalue weighted by Crippen LogP contribution is -2.51. The normalized spacial score (nSPS) is 15.9. The number of rotatable bonds is 3. The first-order valence-electron chi connectivity index (χ1n) is 5.34. The first-order valence-corrected chi connectivity index (χ1v) is 5.34. The molecule has 3 N–H and O–H groups in total. The maximum absolute atomic E-state index is 11.4. The Labute approximate surface area is 97.3 Å². The van der Waals surface area contributed by atoms with E-state index in [2.05, 4.69) is 15.5 Å². The Bertz CT molecular complexity index is 269. The molecule has 2 amide bonds. The van der Waals surface area contributed by atoms with Crippen molar-refractivity contribution in [2.75, 3.05) is 7.05 Å². The van der Waals surface area contributed by atoms with Gasteiger partial charge < -0.3 is 5.32 Å². The van der Waals surface area contributed by atoms with Crippen LogP contribution in [0.1, 0.15) is 41.0 Å². The summed E-state index contributed by atoms with van der Waals surface area (Å²) in [6.07, 6.45) is 0.645. The average molecular weight is 229 g/mol. The van der Waals surface area contributed by atoms with Gasteiger partial charge in [-0.1, -0.05) is 6.92 Å². The van der Waals surface area contributed by atoms with Gasteiger partial charge in [0.15, 0.2) is 5.66 Å². The molecule has 16 heavy (non-hydrogen) atoms. The molecule has 0 aliphatic heterocycles. The minimum atomic E-state index is -0.710. The molecule has 0 aromatic rings. The van der Waals surface area contributed by atoms with Gasteiger partial charge in [-0.3, -0.25) is 5.01 Å². The second-order valence-corrected chi connectivity index (χ2v) is 5.04. The Morgan fingerprint density at radius 2 is 1.81 bits per heavy atom. The van der Waals surface area contributed by atoms with Gasteiger partial charge in [0.05, 0.1) is 5.54 Å². The summed E-state index contributed by atoms with van der Waals surface area (Å²) in [5.74, 6) is 5.33. The van der Waals surface area contributed by atoms with E-state index in [9.17, 15) is 4.79 Å². The SMILES string of the molecule is CCC(C)(N=NC(C)(C)C)NC(=O)N(C)N. The first-order chi connectivity index (χ1) is 7.09. The van der Waals surface area contributed by atoms with Gasteiger partial charge in [-0.15, -0.1) is 0 Å². The average Bonchev–Trinajstić information content (AvgIpc) is 2.13. The van der Waals surface area contributed by atoms with E-state index in [0.29, 0.717) is 6.42 Å². The lowest BCUT2D eigenvalue weighted by molar-refractivity contribution is 0.193. The Morgan fingerprint density at radius 1 is 1.31 bits per heavy atom. The van der Waals surface area contributed by atoms with Crippen LogP contribution in [-0.2, 0) is 0 Å². The van der Waals surface area contributed by atoms with E-state index in [1.54, 1.807) is 0 Å². The third-order valence-corrected chi connectivity index (χ3v) is 1.96. The topological polar surface area (TPSA) is 83.1 Å². The summed E-state index contributed by atoms with van der Waals surface area (Å²) in [4.78, 5) is 11.4. The van der Waals surface area contributed by atoms with Gasteiger partial charge in [-0.2, -0.15) is 10.2 Å². The minimum absolute atomic E-state index is 0.254. The molecular formula is C10H23N5O. The van der Waals surface area contributed by atoms with Crippen LogP contribution in [0.5, 0.6) is 0 Å². The highest BCUT2D eigenvalue weighted by atomic mass is 16.2. The molecule has 1 atom stereocenters. The van der Waals surface area contributed by atoms with Crippen LogP contribution in [0.3, 0.4) is 0 Å². The second kappa shape index (κ2) is 5.25. The van der Waals surface area contributed by atoms with Crippen molar-refractivity contribution in [3.05, 3.63) is 0 Å². The monoisotopic (exact) mass is 229 g/mol. The summed E-state index contributed by atoms with van der Waals surface area (Å²) in [6, 6.07) is -0.378. The molecule has 0 spiro atoms. The number of amides is 2. The van der Waals surface area contributed by atoms with Gasteiger partial charge in [0.1, 0.15) is 0 Å². The Balaban J connectivity index is 4.67. The summed E-state index contributed by atoms with van der Waals surface area (Å²) in [5, 5.41) is 12.0. The van der Waals surface area contributed by atoms with Gasteiger partial charge in [0.25, 0.3) is 0 Å². The molecule has 0 aliphatic carbocycles. The number of carbonyl (C=O) groups is 1. The Kier molecular flexibility index (Phi) is 4.86. The molecule has 0 rings (SSSR count). The van der Waals surface area contributed by atoms with Crippen molar-refractivity contribution >= 4 is 6.03 Å². The number of hydrazine groups is 1. The number of hydrogen-bond donors (Lipinski definition) is 2. The van der Waals surface area contributed by atoms with Crippen LogP contribution in [0.25, 0.3) is 0 Å². The van der Waals surface area contributed by atoms with Crippen molar-refractivity contribution in [1.29, 1.82) is 0 Å². The van der Waals surface area contributed by atoms with Crippen LogP contribution in [0.15, 0.2) is 10.2 Å². The zero-order valence-electron chi connectivity index (χ0n) is 11.0. The van der Waals surface area contributed by atoms with E-state index in [0.717, 1.165) is 5.01 Å². The molecule has 0 saturated carbocycles. The Morgan fingerprint density at radius 3 is 2.12 bits per heavy atom. The van der Waals surface area contributed by atoms with E-state index < -0.39 is 5.66 Å². The quantitative estimate of drug-likeness (QED) is 0.335. The maximum Gasteiger partial charge on any atom is 0.333 e. The van der Waals surface area contributed by atoms with Gasteiger partial charge in [-0.05, 0) is 34.1 Å². The number of nitrogens with one attached hydrogen (secondary N) is 1. The summed E-state index contributed by atoms with van der Waals surface area (Å²) >= 11 is 0. The third kappa shape index (κ3) is 5.65. The molecule has 0 saturated heterocycles. The molecule has 0 aliphatic rings. The van der Waals surface area contributed by atoms with E-state index in [1.165, 1.54) is 7.05 Å². The van der Waals surface area contributed by atoms with Crippen molar-refractivity contribution in [3.8, 4) is 0 Å². The third-order valence-electron chi connectivity index (χ3n) is 1.96. The minimum Gasteiger partial charge on any atom is -0.311 e. The molecule has 0 aromatic heterocycles. The van der Waals surface area contributed by atoms with Crippen molar-refractivity contribution in [2.24, 2.45) is 16.1 Å². The van der Waals surface area contributed by atoms with Crippen LogP contribution in [0, 0.1) is 0 Å². The summed E-state index contributed by atoms with van der Waals surface area (Å²) in [5.41, 5.74) is -0.965. The standard InChI is InChI=1S/C10H23N5O/c1-7-10(5,12-8(16)15(6)11)14-13-9(2,3)4/h7,11H2,1-6H3,(H,12,16). The predicted octanol–water partition coefficient (Wildman–Crippen LogP) is 1.88. The smallest absolute Gasteiger partial charge is 0.311 e. The number of carbonyl (C=O) groups excluding carboxylic acids is 1. The number of urea groups is 1. The van der Waals surface area contributed by atoms with Crippen LogP contribution >= 0.6 is 0 Å². The molecule has 0 bridgehead atoms. The molecule has 6 nitrogen and oxygen atoms in total. The zero-order valence-corrected chi connectivity index (χ0v) is 11.0. The molecule has 0 heterocycles. The lowest BCUT2D eigenvalue weighted by Gasteiger charge is -2.26. The van der Waals surface area contributed by atoms with Crippen LogP contribution in [0.4, 0.5) is 4.79 Å². The van der Waals surface area contributed by atoms with Crippen LogP contribution in [0.2, 0.25) is 0 Å². The second-order valence-electron chi connectivity index (χ2n) is 5.04. The number of nitrogens with zero attached hydrogens (tertiary/aromatic N) is 3. The van der Waals surface area contributed by atoms with Gasteiger partial charge >= 0.3 is 6.03 Å². The fraction of sp³-hybridized carbons (Fsp3) is 0.900. The van der Waals surface area contributed by atoms with Crippen molar-refractivity contribution < 1.29 is 4.79 Å². The molecule has 0 fully saturated rings. The van der Waals surface area contributed by atoms with Crippen molar-refractivity contribution in [2.45, 2.75) is 52.2 Å². The molecule has 0 aromatic carbocycles. The summed E-state index contributed by atoms with van der Waals surface area (Å²) < 4.78 is 0. The van der Waals surface area contributed by atoms with E-state index in [4.69, 9.17) is 5.84 Å².